The van der Waals surface area contributed by atoms with Crippen LogP contribution in [-0.2, 0) is 16.2 Å². The van der Waals surface area contributed by atoms with Crippen LogP contribution in [0, 0.1) is 11.8 Å². The van der Waals surface area contributed by atoms with Crippen molar-refractivity contribution in [2.45, 2.75) is 270 Å². The zero-order chi connectivity index (χ0) is 41.2. The molecule has 3 unspecified atom stereocenters. The van der Waals surface area contributed by atoms with E-state index in [2.05, 4.69) is 125 Å². The number of unbranched alkanes of at least 4 members (excludes halogenated alkanes) is 14. The fourth-order valence-corrected chi connectivity index (χ4v) is 19.6. The third-order valence-electron chi connectivity index (χ3n) is 15.9. The maximum absolute atomic E-state index is 3.04. The van der Waals surface area contributed by atoms with Gasteiger partial charge in [0.05, 0.1) is 0 Å². The first-order valence-electron chi connectivity index (χ1n) is 24.7. The van der Waals surface area contributed by atoms with Crippen LogP contribution < -0.4 is 0 Å². The summed E-state index contributed by atoms with van der Waals surface area (Å²) in [6.07, 6.45) is 36.4. The highest BCUT2D eigenvalue weighted by Gasteiger charge is 2.55. The third-order valence-corrected chi connectivity index (χ3v) is 20.8. The topological polar surface area (TPSA) is 3.24 Å². The van der Waals surface area contributed by atoms with E-state index in [1.54, 1.807) is 33.4 Å². The van der Waals surface area contributed by atoms with E-state index in [1.165, 1.54) is 141 Å². The Morgan fingerprint density at radius 1 is 0.589 bits per heavy atom. The van der Waals surface area contributed by atoms with Crippen LogP contribution in [0.3, 0.4) is 0 Å². The van der Waals surface area contributed by atoms with Crippen molar-refractivity contribution in [3.8, 4) is 0 Å². The first-order valence-corrected chi connectivity index (χ1v) is 27.7. The molecule has 0 spiro atoms. The van der Waals surface area contributed by atoms with E-state index in [0.29, 0.717) is 11.8 Å². The molecule has 1 saturated carbocycles. The number of nitrogens with zero attached hydrogens (tertiary/aromatic N) is 1. The van der Waals surface area contributed by atoms with E-state index in [-0.39, 0.29) is 27.3 Å². The van der Waals surface area contributed by atoms with Gasteiger partial charge >= 0.3 is 0 Å². The van der Waals surface area contributed by atoms with Crippen molar-refractivity contribution < 1.29 is 0 Å². The number of hydrogen-bond donors (Lipinski definition) is 0. The van der Waals surface area contributed by atoms with Crippen LogP contribution >= 0.6 is 0 Å². The highest BCUT2D eigenvalue weighted by molar-refractivity contribution is 6.76. The molecule has 0 radical (unpaired) electrons. The summed E-state index contributed by atoms with van der Waals surface area (Å²) in [5.74, 6) is 1.36. The number of rotatable bonds is 20. The van der Waals surface area contributed by atoms with Crippen molar-refractivity contribution in [3.63, 3.8) is 0 Å². The summed E-state index contributed by atoms with van der Waals surface area (Å²) in [5, 5.41) is 0. The van der Waals surface area contributed by atoms with Gasteiger partial charge in [0.15, 0.2) is 0 Å². The van der Waals surface area contributed by atoms with Gasteiger partial charge in [0, 0.05) is 16.5 Å². The molecule has 0 aromatic heterocycles. The third kappa shape index (κ3) is 9.74. The van der Waals surface area contributed by atoms with Gasteiger partial charge in [-0.2, -0.15) is 0 Å². The van der Waals surface area contributed by atoms with Crippen LogP contribution in [0.25, 0.3) is 5.57 Å². The van der Waals surface area contributed by atoms with Crippen LogP contribution in [0.5, 0.6) is 0 Å². The Morgan fingerprint density at radius 2 is 1.04 bits per heavy atom. The fraction of sp³-hybridized carbons (Fsp3) is 0.815. The summed E-state index contributed by atoms with van der Waals surface area (Å²) in [6, 6.07) is 5.65. The predicted molar refractivity (Wildman–Crippen MR) is 253 cm³/mol. The Balaban J connectivity index is 1.59. The smallest absolute Gasteiger partial charge is 0.126 e. The summed E-state index contributed by atoms with van der Waals surface area (Å²) in [7, 11) is -1.85. The van der Waals surface area contributed by atoms with Crippen molar-refractivity contribution in [2.75, 3.05) is 0 Å². The van der Waals surface area contributed by atoms with Gasteiger partial charge in [0.25, 0.3) is 0 Å². The van der Waals surface area contributed by atoms with E-state index < -0.39 is 8.24 Å². The molecule has 1 aromatic carbocycles. The molecule has 56 heavy (non-hydrogen) atoms. The average Bonchev–Trinajstić information content (AvgIpc) is 3.63. The number of allylic oxidation sites excluding steroid dienone is 4. The molecule has 4 aliphatic rings. The van der Waals surface area contributed by atoms with Crippen LogP contribution in [0.4, 0.5) is 0 Å². The molecule has 1 nitrogen and oxygen atoms in total. The standard InChI is InChI=1S/C54H93NSi/c1-15-17-19-21-23-25-27-29-33-54(34-30-28-26-24-22-20-18-16-2)45-38-42-41(31-32-49(42)56(13,14)55(50(3,4)5)51(6,7)8)37-43(45)44-39-47-48(40-46(44)54)53(11,12)36-35-52(47,9)10/h37-42,49H,15-36H2,1-14H3. The predicted octanol–water partition coefficient (Wildman–Crippen LogP) is 17.2. The molecular weight excluding hydrogens is 691 g/mol. The van der Waals surface area contributed by atoms with E-state index in [4.69, 9.17) is 0 Å². The molecule has 0 bridgehead atoms. The van der Waals surface area contributed by atoms with Crippen molar-refractivity contribution in [2.24, 2.45) is 11.8 Å². The van der Waals surface area contributed by atoms with E-state index in [9.17, 15) is 0 Å². The lowest BCUT2D eigenvalue weighted by Gasteiger charge is -2.57. The maximum Gasteiger partial charge on any atom is 0.126 e. The lowest BCUT2D eigenvalue weighted by Crippen LogP contribution is -2.67. The van der Waals surface area contributed by atoms with Crippen molar-refractivity contribution in [1.82, 2.24) is 4.57 Å². The van der Waals surface area contributed by atoms with Crippen LogP contribution in [0.1, 0.15) is 247 Å². The molecular formula is C54H93NSi. The molecule has 0 N–H and O–H groups in total. The molecule has 4 aliphatic carbocycles. The molecule has 1 fully saturated rings. The monoisotopic (exact) mass is 784 g/mol. The van der Waals surface area contributed by atoms with Crippen LogP contribution in [-0.4, -0.2) is 23.9 Å². The Hall–Kier alpha value is -1.12. The molecule has 2 heteroatoms. The second kappa shape index (κ2) is 18.2. The molecule has 3 atom stereocenters. The van der Waals surface area contributed by atoms with Crippen molar-refractivity contribution in [1.29, 1.82) is 0 Å². The first kappa shape index (κ1) is 46.0. The summed E-state index contributed by atoms with van der Waals surface area (Å²) in [4.78, 5) is 0. The molecule has 1 aromatic rings. The SMILES string of the molecule is CCCCCCCCCCC1(CCCCCCCCCC)C2=CC3C(C=C2c2cc4c(cc21)C(C)(C)CCC4(C)C)CCC3[Si](C)(C)N(C(C)(C)C)C(C)(C)C. The summed E-state index contributed by atoms with van der Waals surface area (Å²) in [6.45, 7) is 35.4. The average molecular weight is 784 g/mol. The highest BCUT2D eigenvalue weighted by atomic mass is 28.3. The largest absolute Gasteiger partial charge is 0.314 e. The minimum Gasteiger partial charge on any atom is -0.314 e. The summed E-state index contributed by atoms with van der Waals surface area (Å²) >= 11 is 0. The van der Waals surface area contributed by atoms with Gasteiger partial charge in [-0.25, -0.2) is 0 Å². The zero-order valence-corrected chi connectivity index (χ0v) is 41.0. The molecule has 0 heterocycles. The second-order valence-corrected chi connectivity index (χ2v) is 28.2. The van der Waals surface area contributed by atoms with E-state index in [0.717, 1.165) is 5.54 Å². The van der Waals surface area contributed by atoms with Gasteiger partial charge < -0.3 is 4.57 Å². The van der Waals surface area contributed by atoms with Crippen LogP contribution in [0.2, 0.25) is 18.6 Å². The summed E-state index contributed by atoms with van der Waals surface area (Å²) < 4.78 is 3.04. The van der Waals surface area contributed by atoms with Gasteiger partial charge in [0.1, 0.15) is 8.24 Å². The van der Waals surface area contributed by atoms with Gasteiger partial charge in [-0.3, -0.25) is 0 Å². The zero-order valence-electron chi connectivity index (χ0n) is 40.0. The minimum absolute atomic E-state index is 0.161. The first-order chi connectivity index (χ1) is 26.2. The van der Waals surface area contributed by atoms with Gasteiger partial charge in [-0.05, 0) is 135 Å². The van der Waals surface area contributed by atoms with Gasteiger partial charge in [-0.15, -0.1) is 0 Å². The van der Waals surface area contributed by atoms with Crippen molar-refractivity contribution in [3.05, 3.63) is 52.1 Å². The van der Waals surface area contributed by atoms with Gasteiger partial charge in [0.2, 0.25) is 0 Å². The molecule has 0 saturated heterocycles. The highest BCUT2D eigenvalue weighted by Crippen LogP contribution is 2.63. The maximum atomic E-state index is 3.04. The number of fused-ring (bicyclic) bond motifs is 5. The fourth-order valence-electron chi connectivity index (χ4n) is 13.6. The Kier molecular flexibility index (Phi) is 15.0. The normalized spacial score (nSPS) is 23.7. The number of benzene rings is 1. The van der Waals surface area contributed by atoms with Crippen LogP contribution in [0.15, 0.2) is 29.9 Å². The lowest BCUT2D eigenvalue weighted by atomic mass is 9.61. The Labute approximate surface area is 351 Å². The van der Waals surface area contributed by atoms with Crippen molar-refractivity contribution >= 4 is 13.8 Å². The van der Waals surface area contributed by atoms with E-state index >= 15 is 0 Å². The minimum atomic E-state index is -1.85. The lowest BCUT2D eigenvalue weighted by molar-refractivity contribution is 0.122. The second-order valence-electron chi connectivity index (χ2n) is 23.7. The quantitative estimate of drug-likeness (QED) is 0.0940. The number of hydrogen-bond acceptors (Lipinski definition) is 1. The van der Waals surface area contributed by atoms with Gasteiger partial charge in [-0.1, -0.05) is 188 Å². The Bertz CT molecular complexity index is 1470. The molecule has 0 amide bonds. The summed E-state index contributed by atoms with van der Waals surface area (Å²) in [5.41, 5.74) is 12.0. The molecule has 318 valence electrons. The Morgan fingerprint density at radius 3 is 1.50 bits per heavy atom. The molecule has 0 aliphatic heterocycles. The van der Waals surface area contributed by atoms with E-state index in [1.807, 2.05) is 0 Å². The molecule has 5 rings (SSSR count).